The van der Waals surface area contributed by atoms with Gasteiger partial charge in [-0.15, -0.1) is 0 Å². The summed E-state index contributed by atoms with van der Waals surface area (Å²) in [5.74, 6) is 0.564. The molecule has 3 atom stereocenters. The van der Waals surface area contributed by atoms with Crippen LogP contribution in [0.4, 0.5) is 0 Å². The molecule has 0 saturated heterocycles. The first-order chi connectivity index (χ1) is 10.3. The van der Waals surface area contributed by atoms with Crippen molar-refractivity contribution >= 4 is 5.91 Å². The maximum atomic E-state index is 12.6. The van der Waals surface area contributed by atoms with Crippen LogP contribution in [0.2, 0.25) is 0 Å². The van der Waals surface area contributed by atoms with Crippen LogP contribution in [-0.4, -0.2) is 30.7 Å². The summed E-state index contributed by atoms with van der Waals surface area (Å²) in [6.07, 6.45) is 6.66. The number of rotatable bonds is 10. The summed E-state index contributed by atoms with van der Waals surface area (Å²) in [6, 6.07) is 0. The molecule has 1 amide bonds. The molecule has 0 radical (unpaired) electrons. The molecule has 4 nitrogen and oxygen atoms in total. The largest absolute Gasteiger partial charge is 0.378 e. The summed E-state index contributed by atoms with van der Waals surface area (Å²) in [4.78, 5) is 12.6. The standard InChI is InChI=1S/C18H36N2O2/c1-6-9-11-14(10-7-2)13-20-16(21)18(19)12-15(22-8-3)17(18,4)5/h14-15H,6-13,19H2,1-5H3,(H,20,21). The lowest BCUT2D eigenvalue weighted by Gasteiger charge is -2.57. The van der Waals surface area contributed by atoms with Gasteiger partial charge in [-0.25, -0.2) is 0 Å². The second-order valence-electron chi connectivity index (χ2n) is 7.35. The molecule has 1 aliphatic rings. The normalized spacial score (nSPS) is 28.0. The lowest BCUT2D eigenvalue weighted by molar-refractivity contribution is -0.170. The zero-order chi connectivity index (χ0) is 16.8. The zero-order valence-corrected chi connectivity index (χ0v) is 15.2. The van der Waals surface area contributed by atoms with Gasteiger partial charge < -0.3 is 15.8 Å². The summed E-state index contributed by atoms with van der Waals surface area (Å²) in [7, 11) is 0. The Kier molecular flexibility index (Phi) is 7.33. The number of ether oxygens (including phenoxy) is 1. The number of carbonyl (C=O) groups is 1. The highest BCUT2D eigenvalue weighted by Crippen LogP contribution is 2.49. The van der Waals surface area contributed by atoms with Gasteiger partial charge >= 0.3 is 0 Å². The third-order valence-electron chi connectivity index (χ3n) is 5.45. The third kappa shape index (κ3) is 4.02. The monoisotopic (exact) mass is 312 g/mol. The van der Waals surface area contributed by atoms with Crippen LogP contribution in [0, 0.1) is 11.3 Å². The van der Waals surface area contributed by atoms with E-state index in [2.05, 4.69) is 19.2 Å². The molecule has 3 unspecified atom stereocenters. The van der Waals surface area contributed by atoms with E-state index in [9.17, 15) is 4.79 Å². The number of hydrogen-bond acceptors (Lipinski definition) is 3. The fraction of sp³-hybridized carbons (Fsp3) is 0.944. The highest BCUT2D eigenvalue weighted by atomic mass is 16.5. The van der Waals surface area contributed by atoms with Crippen molar-refractivity contribution in [2.75, 3.05) is 13.2 Å². The molecule has 0 aromatic heterocycles. The Hall–Kier alpha value is -0.610. The zero-order valence-electron chi connectivity index (χ0n) is 15.2. The Balaban J connectivity index is 2.53. The molecule has 0 aliphatic heterocycles. The number of unbranched alkanes of at least 4 members (excludes halogenated alkanes) is 1. The molecular formula is C18H36N2O2. The molecule has 4 heteroatoms. The van der Waals surface area contributed by atoms with Gasteiger partial charge in [-0.05, 0) is 25.7 Å². The van der Waals surface area contributed by atoms with Crippen molar-refractivity contribution in [3.63, 3.8) is 0 Å². The molecule has 0 aromatic rings. The highest BCUT2D eigenvalue weighted by molar-refractivity contribution is 5.88. The van der Waals surface area contributed by atoms with Crippen molar-refractivity contribution in [3.05, 3.63) is 0 Å². The average molecular weight is 312 g/mol. The van der Waals surface area contributed by atoms with Crippen LogP contribution in [0.3, 0.4) is 0 Å². The molecule has 1 aliphatic carbocycles. The number of carbonyl (C=O) groups excluding carboxylic acids is 1. The number of nitrogens with one attached hydrogen (secondary N) is 1. The van der Waals surface area contributed by atoms with E-state index in [1.807, 2.05) is 20.8 Å². The number of amides is 1. The van der Waals surface area contributed by atoms with Crippen LogP contribution in [-0.2, 0) is 9.53 Å². The summed E-state index contributed by atoms with van der Waals surface area (Å²) in [5, 5.41) is 3.12. The Bertz CT molecular complexity index is 357. The minimum atomic E-state index is -0.797. The SMILES string of the molecule is CCCCC(CCC)CNC(=O)C1(N)CC(OCC)C1(C)C. The average Bonchev–Trinajstić information content (AvgIpc) is 2.49. The van der Waals surface area contributed by atoms with Crippen molar-refractivity contribution in [2.45, 2.75) is 84.8 Å². The van der Waals surface area contributed by atoms with Crippen LogP contribution < -0.4 is 11.1 Å². The summed E-state index contributed by atoms with van der Waals surface area (Å²) in [5.41, 5.74) is 5.31. The molecule has 130 valence electrons. The van der Waals surface area contributed by atoms with E-state index in [1.165, 1.54) is 25.7 Å². The fourth-order valence-corrected chi connectivity index (χ4v) is 3.46. The van der Waals surface area contributed by atoms with Gasteiger partial charge in [-0.2, -0.15) is 0 Å². The molecule has 1 rings (SSSR count). The van der Waals surface area contributed by atoms with Crippen LogP contribution in [0.25, 0.3) is 0 Å². The fourth-order valence-electron chi connectivity index (χ4n) is 3.46. The van der Waals surface area contributed by atoms with Gasteiger partial charge in [0.05, 0.1) is 6.10 Å². The minimum Gasteiger partial charge on any atom is -0.378 e. The predicted octanol–water partition coefficient (Wildman–Crippen LogP) is 3.24. The second-order valence-corrected chi connectivity index (χ2v) is 7.35. The summed E-state index contributed by atoms with van der Waals surface area (Å²) < 4.78 is 5.70. The predicted molar refractivity (Wildman–Crippen MR) is 91.7 cm³/mol. The molecule has 0 aromatic carbocycles. The quantitative estimate of drug-likeness (QED) is 0.651. The first-order valence-electron chi connectivity index (χ1n) is 9.02. The molecule has 22 heavy (non-hydrogen) atoms. The first kappa shape index (κ1) is 19.4. The molecule has 1 saturated carbocycles. The Morgan fingerprint density at radius 1 is 1.27 bits per heavy atom. The maximum Gasteiger partial charge on any atom is 0.240 e. The first-order valence-corrected chi connectivity index (χ1v) is 9.02. The van der Waals surface area contributed by atoms with E-state index >= 15 is 0 Å². The van der Waals surface area contributed by atoms with Crippen molar-refractivity contribution < 1.29 is 9.53 Å². The van der Waals surface area contributed by atoms with Crippen molar-refractivity contribution in [1.29, 1.82) is 0 Å². The highest BCUT2D eigenvalue weighted by Gasteiger charge is 2.62. The molecule has 0 heterocycles. The van der Waals surface area contributed by atoms with Gasteiger partial charge in [0, 0.05) is 25.0 Å². The third-order valence-corrected chi connectivity index (χ3v) is 5.45. The van der Waals surface area contributed by atoms with E-state index in [-0.39, 0.29) is 17.4 Å². The lowest BCUT2D eigenvalue weighted by atomic mass is 9.54. The van der Waals surface area contributed by atoms with Gasteiger partial charge in [0.2, 0.25) is 5.91 Å². The van der Waals surface area contributed by atoms with Crippen molar-refractivity contribution in [1.82, 2.24) is 5.32 Å². The summed E-state index contributed by atoms with van der Waals surface area (Å²) in [6.45, 7) is 11.9. The van der Waals surface area contributed by atoms with Crippen LogP contribution in [0.15, 0.2) is 0 Å². The molecule has 1 fully saturated rings. The van der Waals surface area contributed by atoms with E-state index in [0.29, 0.717) is 18.9 Å². The van der Waals surface area contributed by atoms with Crippen LogP contribution in [0.5, 0.6) is 0 Å². The smallest absolute Gasteiger partial charge is 0.240 e. The van der Waals surface area contributed by atoms with Gasteiger partial charge in [-0.1, -0.05) is 47.0 Å². The lowest BCUT2D eigenvalue weighted by Crippen LogP contribution is -2.75. The van der Waals surface area contributed by atoms with Gasteiger partial charge in [-0.3, -0.25) is 4.79 Å². The van der Waals surface area contributed by atoms with E-state index in [0.717, 1.165) is 13.0 Å². The number of nitrogens with two attached hydrogens (primary N) is 1. The van der Waals surface area contributed by atoms with Crippen molar-refractivity contribution in [2.24, 2.45) is 17.1 Å². The van der Waals surface area contributed by atoms with E-state index in [4.69, 9.17) is 10.5 Å². The molecular weight excluding hydrogens is 276 g/mol. The van der Waals surface area contributed by atoms with E-state index < -0.39 is 5.54 Å². The van der Waals surface area contributed by atoms with Crippen LogP contribution in [0.1, 0.15) is 73.1 Å². The molecule has 3 N–H and O–H groups in total. The molecule has 0 spiro atoms. The van der Waals surface area contributed by atoms with Gasteiger partial charge in [0.1, 0.15) is 5.54 Å². The maximum absolute atomic E-state index is 12.6. The number of hydrogen-bond donors (Lipinski definition) is 2. The van der Waals surface area contributed by atoms with Crippen molar-refractivity contribution in [3.8, 4) is 0 Å². The van der Waals surface area contributed by atoms with Crippen LogP contribution >= 0.6 is 0 Å². The van der Waals surface area contributed by atoms with Gasteiger partial charge in [0.25, 0.3) is 0 Å². The minimum absolute atomic E-state index is 0.00828. The van der Waals surface area contributed by atoms with Gasteiger partial charge in [0.15, 0.2) is 0 Å². The summed E-state index contributed by atoms with van der Waals surface area (Å²) >= 11 is 0. The second kappa shape index (κ2) is 8.30. The molecule has 0 bridgehead atoms. The Morgan fingerprint density at radius 2 is 1.95 bits per heavy atom. The Labute approximate surface area is 136 Å². The van der Waals surface area contributed by atoms with E-state index in [1.54, 1.807) is 0 Å². The topological polar surface area (TPSA) is 64.4 Å². The Morgan fingerprint density at radius 3 is 2.45 bits per heavy atom.